The van der Waals surface area contributed by atoms with Gasteiger partial charge in [0.25, 0.3) is 10.0 Å². The Hall–Kier alpha value is -1.45. The van der Waals surface area contributed by atoms with Crippen molar-refractivity contribution >= 4 is 15.9 Å². The number of piperidine rings is 1. The fourth-order valence-corrected chi connectivity index (χ4v) is 3.41. The second-order valence-electron chi connectivity index (χ2n) is 6.40. The summed E-state index contributed by atoms with van der Waals surface area (Å²) in [6.07, 6.45) is 3.49. The van der Waals surface area contributed by atoms with E-state index in [1.165, 1.54) is 17.1 Å². The van der Waals surface area contributed by atoms with Crippen LogP contribution in [-0.2, 0) is 21.9 Å². The van der Waals surface area contributed by atoms with E-state index < -0.39 is 10.0 Å². The predicted molar refractivity (Wildman–Crippen MR) is 81.3 cm³/mol. The van der Waals surface area contributed by atoms with E-state index in [-0.39, 0.29) is 28.9 Å². The van der Waals surface area contributed by atoms with Gasteiger partial charge in [-0.25, -0.2) is 18.1 Å². The monoisotopic (exact) mass is 329 g/mol. The van der Waals surface area contributed by atoms with Crippen molar-refractivity contribution < 1.29 is 13.2 Å². The smallest absolute Gasteiger partial charge is 0.260 e. The molecule has 0 aliphatic carbocycles. The SMILES string of the molecule is Cn1cnc(S(=O)(=O)NCC(=O)N2CCC(N)C(C)(C)C2)c1. The fourth-order valence-electron chi connectivity index (χ4n) is 2.46. The molecule has 0 radical (unpaired) electrons. The molecule has 2 rings (SSSR count). The maximum atomic E-state index is 12.2. The summed E-state index contributed by atoms with van der Waals surface area (Å²) in [7, 11) is -2.09. The van der Waals surface area contributed by atoms with Gasteiger partial charge in [-0.15, -0.1) is 0 Å². The first kappa shape index (κ1) is 16.9. The first-order valence-corrected chi connectivity index (χ1v) is 8.61. The molecule has 2 heterocycles. The molecule has 3 N–H and O–H groups in total. The van der Waals surface area contributed by atoms with E-state index >= 15 is 0 Å². The van der Waals surface area contributed by atoms with Gasteiger partial charge in [-0.2, -0.15) is 0 Å². The van der Waals surface area contributed by atoms with Crippen molar-refractivity contribution in [2.75, 3.05) is 19.6 Å². The number of amides is 1. The van der Waals surface area contributed by atoms with Gasteiger partial charge in [0.1, 0.15) is 0 Å². The van der Waals surface area contributed by atoms with E-state index in [9.17, 15) is 13.2 Å². The quantitative estimate of drug-likeness (QED) is 0.758. The zero-order chi connectivity index (χ0) is 16.5. The fraction of sp³-hybridized carbons (Fsp3) is 0.692. The summed E-state index contributed by atoms with van der Waals surface area (Å²) in [6.45, 7) is 4.82. The minimum absolute atomic E-state index is 0.0433. The summed E-state index contributed by atoms with van der Waals surface area (Å²) >= 11 is 0. The molecular weight excluding hydrogens is 306 g/mol. The van der Waals surface area contributed by atoms with Gasteiger partial charge in [-0.1, -0.05) is 13.8 Å². The van der Waals surface area contributed by atoms with Crippen LogP contribution in [0.1, 0.15) is 20.3 Å². The first-order valence-electron chi connectivity index (χ1n) is 7.13. The van der Waals surface area contributed by atoms with E-state index in [1.807, 2.05) is 13.8 Å². The minimum atomic E-state index is -3.77. The van der Waals surface area contributed by atoms with Crippen molar-refractivity contribution in [3.63, 3.8) is 0 Å². The van der Waals surface area contributed by atoms with Crippen LogP contribution in [-0.4, -0.2) is 54.5 Å². The summed E-state index contributed by atoms with van der Waals surface area (Å²) in [5.74, 6) is -0.250. The first-order chi connectivity index (χ1) is 10.1. The lowest BCUT2D eigenvalue weighted by molar-refractivity contribution is -0.133. The Morgan fingerprint density at radius 1 is 1.55 bits per heavy atom. The number of hydrogen-bond acceptors (Lipinski definition) is 5. The lowest BCUT2D eigenvalue weighted by Crippen LogP contribution is -2.55. The molecule has 1 aromatic heterocycles. The van der Waals surface area contributed by atoms with Crippen LogP contribution in [0, 0.1) is 5.41 Å². The van der Waals surface area contributed by atoms with Crippen LogP contribution in [0.25, 0.3) is 0 Å². The van der Waals surface area contributed by atoms with E-state index in [0.29, 0.717) is 19.5 Å². The van der Waals surface area contributed by atoms with Gasteiger partial charge in [0, 0.05) is 32.4 Å². The topological polar surface area (TPSA) is 110 Å². The Balaban J connectivity index is 1.96. The Kier molecular flexibility index (Phi) is 4.59. The molecule has 9 heteroatoms. The van der Waals surface area contributed by atoms with E-state index in [0.717, 1.165) is 0 Å². The molecule has 0 spiro atoms. The van der Waals surface area contributed by atoms with Crippen LogP contribution >= 0.6 is 0 Å². The number of nitrogens with one attached hydrogen (secondary N) is 1. The molecule has 1 atom stereocenters. The second-order valence-corrected chi connectivity index (χ2v) is 8.11. The number of carbonyl (C=O) groups excluding carboxylic acids is 1. The molecule has 1 saturated heterocycles. The summed E-state index contributed by atoms with van der Waals surface area (Å²) in [5, 5.41) is -0.0937. The van der Waals surface area contributed by atoms with E-state index in [1.54, 1.807) is 11.9 Å². The van der Waals surface area contributed by atoms with Crippen LogP contribution in [0.5, 0.6) is 0 Å². The number of likely N-dealkylation sites (tertiary alicyclic amines) is 1. The number of imidazole rings is 1. The third-order valence-electron chi connectivity index (χ3n) is 4.03. The average molecular weight is 329 g/mol. The van der Waals surface area contributed by atoms with Crippen molar-refractivity contribution in [1.82, 2.24) is 19.2 Å². The Labute approximate surface area is 130 Å². The van der Waals surface area contributed by atoms with Crippen LogP contribution < -0.4 is 10.5 Å². The van der Waals surface area contributed by atoms with Crippen molar-refractivity contribution in [1.29, 1.82) is 0 Å². The normalized spacial score (nSPS) is 21.8. The summed E-state index contributed by atoms with van der Waals surface area (Å²) in [5.41, 5.74) is 5.86. The Bertz CT molecular complexity index is 652. The van der Waals surface area contributed by atoms with Gasteiger partial charge in [0.05, 0.1) is 12.9 Å². The molecule has 0 aromatic carbocycles. The molecule has 1 unspecified atom stereocenters. The number of rotatable bonds is 4. The highest BCUT2D eigenvalue weighted by Crippen LogP contribution is 2.27. The second kappa shape index (κ2) is 5.98. The molecule has 1 fully saturated rings. The minimum Gasteiger partial charge on any atom is -0.341 e. The van der Waals surface area contributed by atoms with Gasteiger partial charge in [0.2, 0.25) is 5.91 Å². The number of hydrogen-bond donors (Lipinski definition) is 2. The number of nitrogens with zero attached hydrogens (tertiary/aromatic N) is 3. The lowest BCUT2D eigenvalue weighted by Gasteiger charge is -2.42. The summed E-state index contributed by atoms with van der Waals surface area (Å²) < 4.78 is 27.9. The predicted octanol–water partition coefficient (Wildman–Crippen LogP) is -0.716. The van der Waals surface area contributed by atoms with E-state index in [4.69, 9.17) is 5.73 Å². The number of aromatic nitrogens is 2. The third-order valence-corrected chi connectivity index (χ3v) is 5.32. The van der Waals surface area contributed by atoms with Gasteiger partial charge in [-0.05, 0) is 11.8 Å². The molecule has 0 bridgehead atoms. The van der Waals surface area contributed by atoms with Gasteiger partial charge in [0.15, 0.2) is 5.03 Å². The zero-order valence-electron chi connectivity index (χ0n) is 13.1. The molecule has 22 heavy (non-hydrogen) atoms. The number of sulfonamides is 1. The highest BCUT2D eigenvalue weighted by molar-refractivity contribution is 7.89. The average Bonchev–Trinajstić information content (AvgIpc) is 2.86. The Morgan fingerprint density at radius 2 is 2.23 bits per heavy atom. The standard InChI is InChI=1S/C13H23N5O3S/c1-13(2)8-18(5-4-10(13)14)12(19)6-16-22(20,21)11-7-17(3)9-15-11/h7,9-10,16H,4-6,8,14H2,1-3H3. The van der Waals surface area contributed by atoms with Crippen molar-refractivity contribution in [3.05, 3.63) is 12.5 Å². The van der Waals surface area contributed by atoms with Gasteiger partial charge < -0.3 is 15.2 Å². The largest absolute Gasteiger partial charge is 0.341 e. The van der Waals surface area contributed by atoms with Gasteiger partial charge in [-0.3, -0.25) is 4.79 Å². The molecule has 8 nitrogen and oxygen atoms in total. The van der Waals surface area contributed by atoms with Crippen LogP contribution in [0.15, 0.2) is 17.6 Å². The van der Waals surface area contributed by atoms with Crippen molar-refractivity contribution in [2.45, 2.75) is 31.3 Å². The maximum absolute atomic E-state index is 12.2. The van der Waals surface area contributed by atoms with Crippen LogP contribution in [0.2, 0.25) is 0 Å². The highest BCUT2D eigenvalue weighted by atomic mass is 32.2. The molecule has 1 amide bonds. The van der Waals surface area contributed by atoms with E-state index in [2.05, 4.69) is 9.71 Å². The van der Waals surface area contributed by atoms with Gasteiger partial charge >= 0.3 is 0 Å². The van der Waals surface area contributed by atoms with Crippen LogP contribution in [0.3, 0.4) is 0 Å². The summed E-state index contributed by atoms with van der Waals surface area (Å²) in [6, 6.07) is 0.0433. The number of aryl methyl sites for hydroxylation is 1. The molecular formula is C13H23N5O3S. The zero-order valence-corrected chi connectivity index (χ0v) is 13.9. The maximum Gasteiger partial charge on any atom is 0.260 e. The van der Waals surface area contributed by atoms with Crippen LogP contribution in [0.4, 0.5) is 0 Å². The molecule has 0 saturated carbocycles. The van der Waals surface area contributed by atoms with Crippen molar-refractivity contribution in [2.24, 2.45) is 18.2 Å². The van der Waals surface area contributed by atoms with Crippen molar-refractivity contribution in [3.8, 4) is 0 Å². The number of nitrogens with two attached hydrogens (primary N) is 1. The molecule has 1 aromatic rings. The number of carbonyl (C=O) groups is 1. The molecule has 1 aliphatic heterocycles. The molecule has 1 aliphatic rings. The highest BCUT2D eigenvalue weighted by Gasteiger charge is 2.35. The molecule has 124 valence electrons. The Morgan fingerprint density at radius 3 is 2.77 bits per heavy atom. The lowest BCUT2D eigenvalue weighted by atomic mass is 9.80. The summed E-state index contributed by atoms with van der Waals surface area (Å²) in [4.78, 5) is 17.6. The third kappa shape index (κ3) is 3.65.